The Hall–Kier alpha value is -2.63. The Bertz CT molecular complexity index is 874. The second-order valence-corrected chi connectivity index (χ2v) is 6.51. The molecule has 0 amide bonds. The number of benzene rings is 2. The number of morpholine rings is 1. The van der Waals surface area contributed by atoms with E-state index in [0.29, 0.717) is 24.2 Å². The standard InChI is InChI=1S/C20H19ClN4O/c21-16-7-4-8-17(13-16)23-20-22-10-9-19(24-20)25-11-12-26-14-18(25)15-5-2-1-3-6-15/h1-10,13,18H,11-12,14H2,(H,22,23,24)/t18-/m0/s1. The van der Waals surface area contributed by atoms with Gasteiger partial charge in [-0.2, -0.15) is 4.98 Å². The molecule has 26 heavy (non-hydrogen) atoms. The van der Waals surface area contributed by atoms with Gasteiger partial charge >= 0.3 is 0 Å². The lowest BCUT2D eigenvalue weighted by molar-refractivity contribution is 0.0937. The summed E-state index contributed by atoms with van der Waals surface area (Å²) < 4.78 is 5.71. The van der Waals surface area contributed by atoms with E-state index in [9.17, 15) is 0 Å². The van der Waals surface area contributed by atoms with Crippen LogP contribution in [-0.4, -0.2) is 29.7 Å². The minimum absolute atomic E-state index is 0.138. The fourth-order valence-corrected chi connectivity index (χ4v) is 3.28. The number of anilines is 3. The molecular formula is C20H19ClN4O. The third-order valence-electron chi connectivity index (χ3n) is 4.33. The largest absolute Gasteiger partial charge is 0.377 e. The lowest BCUT2D eigenvalue weighted by Crippen LogP contribution is -2.40. The average Bonchev–Trinajstić information content (AvgIpc) is 2.69. The van der Waals surface area contributed by atoms with Gasteiger partial charge in [-0.1, -0.05) is 48.0 Å². The third-order valence-corrected chi connectivity index (χ3v) is 4.56. The van der Waals surface area contributed by atoms with Crippen LogP contribution in [0.2, 0.25) is 5.02 Å². The van der Waals surface area contributed by atoms with Crippen molar-refractivity contribution in [3.8, 4) is 0 Å². The van der Waals surface area contributed by atoms with Gasteiger partial charge in [0.25, 0.3) is 0 Å². The molecule has 1 aromatic heterocycles. The van der Waals surface area contributed by atoms with Crippen molar-refractivity contribution in [2.75, 3.05) is 30.0 Å². The Morgan fingerprint density at radius 2 is 1.96 bits per heavy atom. The van der Waals surface area contributed by atoms with Gasteiger partial charge in [-0.3, -0.25) is 0 Å². The normalized spacial score (nSPS) is 17.1. The van der Waals surface area contributed by atoms with Crippen LogP contribution >= 0.6 is 11.6 Å². The summed E-state index contributed by atoms with van der Waals surface area (Å²) in [6.45, 7) is 2.11. The number of nitrogens with zero attached hydrogens (tertiary/aromatic N) is 3. The van der Waals surface area contributed by atoms with Gasteiger partial charge < -0.3 is 15.0 Å². The van der Waals surface area contributed by atoms with Gasteiger partial charge in [0.15, 0.2) is 0 Å². The van der Waals surface area contributed by atoms with E-state index in [1.165, 1.54) is 5.56 Å². The van der Waals surface area contributed by atoms with Crippen LogP contribution in [0.5, 0.6) is 0 Å². The molecule has 132 valence electrons. The highest BCUT2D eigenvalue weighted by molar-refractivity contribution is 6.30. The fourth-order valence-electron chi connectivity index (χ4n) is 3.09. The molecule has 1 atom stereocenters. The first kappa shape index (κ1) is 16.8. The Morgan fingerprint density at radius 3 is 2.81 bits per heavy atom. The molecule has 1 fully saturated rings. The van der Waals surface area contributed by atoms with E-state index >= 15 is 0 Å². The number of nitrogens with one attached hydrogen (secondary N) is 1. The molecule has 0 spiro atoms. The van der Waals surface area contributed by atoms with E-state index in [2.05, 4.69) is 27.3 Å². The molecule has 0 unspecified atom stereocenters. The van der Waals surface area contributed by atoms with Gasteiger partial charge in [0.2, 0.25) is 5.95 Å². The van der Waals surface area contributed by atoms with Crippen molar-refractivity contribution in [2.24, 2.45) is 0 Å². The van der Waals surface area contributed by atoms with Crippen LogP contribution in [0.25, 0.3) is 0 Å². The highest BCUT2D eigenvalue weighted by atomic mass is 35.5. The predicted molar refractivity (Wildman–Crippen MR) is 104 cm³/mol. The molecule has 0 radical (unpaired) electrons. The first-order valence-corrected chi connectivity index (χ1v) is 8.92. The van der Waals surface area contributed by atoms with E-state index in [1.807, 2.05) is 48.5 Å². The monoisotopic (exact) mass is 366 g/mol. The van der Waals surface area contributed by atoms with Gasteiger partial charge in [-0.15, -0.1) is 0 Å². The van der Waals surface area contributed by atoms with Crippen LogP contribution in [0.3, 0.4) is 0 Å². The van der Waals surface area contributed by atoms with Crippen LogP contribution < -0.4 is 10.2 Å². The molecule has 0 bridgehead atoms. The van der Waals surface area contributed by atoms with Gasteiger partial charge in [-0.25, -0.2) is 4.98 Å². The second kappa shape index (κ2) is 7.72. The zero-order valence-electron chi connectivity index (χ0n) is 14.2. The number of hydrogen-bond acceptors (Lipinski definition) is 5. The second-order valence-electron chi connectivity index (χ2n) is 6.07. The first-order chi connectivity index (χ1) is 12.8. The number of rotatable bonds is 4. The molecule has 1 aliphatic rings. The van der Waals surface area contributed by atoms with Crippen LogP contribution in [0, 0.1) is 0 Å². The molecule has 6 heteroatoms. The third kappa shape index (κ3) is 3.79. The number of aromatic nitrogens is 2. The molecule has 1 N–H and O–H groups in total. The predicted octanol–water partition coefficient (Wildman–Crippen LogP) is 4.45. The maximum Gasteiger partial charge on any atom is 0.229 e. The average molecular weight is 367 g/mol. The Kier molecular flexibility index (Phi) is 5.00. The summed E-state index contributed by atoms with van der Waals surface area (Å²) in [5, 5.41) is 3.88. The van der Waals surface area contributed by atoms with E-state index in [0.717, 1.165) is 18.1 Å². The molecule has 5 nitrogen and oxygen atoms in total. The van der Waals surface area contributed by atoms with Gasteiger partial charge in [-0.05, 0) is 29.8 Å². The highest BCUT2D eigenvalue weighted by Gasteiger charge is 2.25. The van der Waals surface area contributed by atoms with Crippen LogP contribution in [0.1, 0.15) is 11.6 Å². The first-order valence-electron chi connectivity index (χ1n) is 8.54. The summed E-state index contributed by atoms with van der Waals surface area (Å²) in [5.74, 6) is 1.42. The summed E-state index contributed by atoms with van der Waals surface area (Å²) in [6.07, 6.45) is 1.77. The Morgan fingerprint density at radius 1 is 1.08 bits per heavy atom. The summed E-state index contributed by atoms with van der Waals surface area (Å²) >= 11 is 6.05. The van der Waals surface area contributed by atoms with E-state index < -0.39 is 0 Å². The molecular weight excluding hydrogens is 348 g/mol. The molecule has 1 aliphatic heterocycles. The van der Waals surface area contributed by atoms with E-state index in [1.54, 1.807) is 6.20 Å². The summed E-state index contributed by atoms with van der Waals surface area (Å²) in [7, 11) is 0. The SMILES string of the molecule is Clc1cccc(Nc2nccc(N3CCOC[C@H]3c3ccccc3)n2)c1. The maximum absolute atomic E-state index is 6.05. The smallest absolute Gasteiger partial charge is 0.229 e. The van der Waals surface area contributed by atoms with Crippen molar-refractivity contribution in [3.63, 3.8) is 0 Å². The minimum Gasteiger partial charge on any atom is -0.377 e. The van der Waals surface area contributed by atoms with E-state index in [4.69, 9.17) is 21.3 Å². The lowest BCUT2D eigenvalue weighted by Gasteiger charge is -2.36. The van der Waals surface area contributed by atoms with Crippen LogP contribution in [0.15, 0.2) is 66.9 Å². The maximum atomic E-state index is 6.05. The van der Waals surface area contributed by atoms with Crippen LogP contribution in [-0.2, 0) is 4.74 Å². The molecule has 3 aromatic rings. The highest BCUT2D eigenvalue weighted by Crippen LogP contribution is 2.29. The zero-order valence-corrected chi connectivity index (χ0v) is 14.9. The van der Waals surface area contributed by atoms with Crippen molar-refractivity contribution in [2.45, 2.75) is 6.04 Å². The van der Waals surface area contributed by atoms with Gasteiger partial charge in [0.05, 0.1) is 19.3 Å². The van der Waals surface area contributed by atoms with E-state index in [-0.39, 0.29) is 6.04 Å². The van der Waals surface area contributed by atoms with Crippen molar-refractivity contribution >= 4 is 29.1 Å². The number of hydrogen-bond donors (Lipinski definition) is 1. The van der Waals surface area contributed by atoms with Crippen LogP contribution in [0.4, 0.5) is 17.5 Å². The summed E-state index contributed by atoms with van der Waals surface area (Å²) in [4.78, 5) is 11.3. The topological polar surface area (TPSA) is 50.3 Å². The Balaban J connectivity index is 1.60. The summed E-state index contributed by atoms with van der Waals surface area (Å²) in [5.41, 5.74) is 2.08. The van der Waals surface area contributed by atoms with Gasteiger partial charge in [0.1, 0.15) is 5.82 Å². The Labute approximate surface area is 157 Å². The van der Waals surface area contributed by atoms with Crippen molar-refractivity contribution in [1.29, 1.82) is 0 Å². The molecule has 0 aliphatic carbocycles. The lowest BCUT2D eigenvalue weighted by atomic mass is 10.1. The minimum atomic E-state index is 0.138. The molecule has 1 saturated heterocycles. The molecule has 2 heterocycles. The van der Waals surface area contributed by atoms with Crippen molar-refractivity contribution in [1.82, 2.24) is 9.97 Å². The van der Waals surface area contributed by atoms with Gasteiger partial charge in [0, 0.05) is 23.5 Å². The number of halogens is 1. The number of ether oxygens (including phenoxy) is 1. The molecule has 0 saturated carbocycles. The molecule has 2 aromatic carbocycles. The van der Waals surface area contributed by atoms with Crippen molar-refractivity contribution < 1.29 is 4.74 Å². The quantitative estimate of drug-likeness (QED) is 0.739. The van der Waals surface area contributed by atoms with Crippen molar-refractivity contribution in [3.05, 3.63) is 77.4 Å². The zero-order chi connectivity index (χ0) is 17.8. The summed E-state index contributed by atoms with van der Waals surface area (Å²) in [6, 6.07) is 19.9. The molecule has 4 rings (SSSR count). The fraction of sp³-hybridized carbons (Fsp3) is 0.200.